The number of hydrogen-bond acceptors (Lipinski definition) is 1. The molecule has 4 aromatic rings. The molecular formula is C21H16N2. The smallest absolute Gasteiger partial charge is 0.138 e. The van der Waals surface area contributed by atoms with Crippen molar-refractivity contribution in [2.75, 3.05) is 0 Å². The highest BCUT2D eigenvalue weighted by molar-refractivity contribution is 5.72. The monoisotopic (exact) mass is 296 g/mol. The van der Waals surface area contributed by atoms with Crippen LogP contribution in [-0.2, 0) is 0 Å². The third kappa shape index (κ3) is 2.92. The Kier molecular flexibility index (Phi) is 3.49. The van der Waals surface area contributed by atoms with Crippen LogP contribution in [-0.4, -0.2) is 9.38 Å². The molecule has 4 rings (SSSR count). The number of fused-ring (bicyclic) bond motifs is 1. The van der Waals surface area contributed by atoms with E-state index in [4.69, 9.17) is 4.98 Å². The zero-order chi connectivity index (χ0) is 15.5. The summed E-state index contributed by atoms with van der Waals surface area (Å²) < 4.78 is 2.06. The Bertz CT molecular complexity index is 951. The molecule has 0 saturated carbocycles. The first-order chi connectivity index (χ1) is 11.4. The van der Waals surface area contributed by atoms with Gasteiger partial charge in [-0.1, -0.05) is 72.8 Å². The van der Waals surface area contributed by atoms with E-state index in [1.807, 2.05) is 36.4 Å². The van der Waals surface area contributed by atoms with Gasteiger partial charge in [0.2, 0.25) is 0 Å². The Morgan fingerprint density at radius 1 is 0.739 bits per heavy atom. The number of imidazole rings is 1. The van der Waals surface area contributed by atoms with Crippen molar-refractivity contribution in [2.45, 2.75) is 0 Å². The molecular weight excluding hydrogens is 280 g/mol. The molecule has 0 radical (unpaired) electrons. The van der Waals surface area contributed by atoms with E-state index in [1.165, 1.54) is 5.56 Å². The lowest BCUT2D eigenvalue weighted by atomic mass is 10.1. The first-order valence-corrected chi connectivity index (χ1v) is 7.66. The van der Waals surface area contributed by atoms with E-state index in [-0.39, 0.29) is 0 Å². The third-order valence-electron chi connectivity index (χ3n) is 3.82. The predicted molar refractivity (Wildman–Crippen MR) is 96.0 cm³/mol. The Morgan fingerprint density at radius 3 is 2.22 bits per heavy atom. The van der Waals surface area contributed by atoms with Crippen molar-refractivity contribution in [3.05, 3.63) is 96.3 Å². The molecule has 0 aliphatic rings. The first-order valence-electron chi connectivity index (χ1n) is 7.66. The number of hydrogen-bond donors (Lipinski definition) is 0. The molecule has 0 aliphatic heterocycles. The van der Waals surface area contributed by atoms with Gasteiger partial charge in [-0.05, 0) is 23.3 Å². The fourth-order valence-corrected chi connectivity index (χ4v) is 2.61. The second kappa shape index (κ2) is 5.93. The Morgan fingerprint density at radius 2 is 1.43 bits per heavy atom. The second-order valence-corrected chi connectivity index (χ2v) is 5.46. The van der Waals surface area contributed by atoms with Crippen LogP contribution in [0.5, 0.6) is 0 Å². The van der Waals surface area contributed by atoms with Gasteiger partial charge >= 0.3 is 0 Å². The van der Waals surface area contributed by atoms with Gasteiger partial charge in [0, 0.05) is 18.0 Å². The lowest BCUT2D eigenvalue weighted by Crippen LogP contribution is -1.82. The van der Waals surface area contributed by atoms with Crippen LogP contribution in [0.2, 0.25) is 0 Å². The number of rotatable bonds is 3. The summed E-state index contributed by atoms with van der Waals surface area (Å²) in [5, 5.41) is 0. The molecule has 0 atom stereocenters. The molecule has 0 spiro atoms. The van der Waals surface area contributed by atoms with Gasteiger partial charge in [0.05, 0.1) is 5.69 Å². The van der Waals surface area contributed by atoms with Gasteiger partial charge < -0.3 is 4.40 Å². The topological polar surface area (TPSA) is 17.3 Å². The molecule has 0 aliphatic carbocycles. The van der Waals surface area contributed by atoms with Crippen molar-refractivity contribution in [3.63, 3.8) is 0 Å². The lowest BCUT2D eigenvalue weighted by Gasteiger charge is -1.96. The standard InChI is InChI=1S/C21H16N2/c1-3-7-17(8-4-1)11-12-18-13-14-23-16-20(22-21(23)15-18)19-9-5-2-6-10-19/h1-16H. The van der Waals surface area contributed by atoms with Crippen molar-refractivity contribution >= 4 is 17.8 Å². The molecule has 0 N–H and O–H groups in total. The number of nitrogens with zero attached hydrogens (tertiary/aromatic N) is 2. The fraction of sp³-hybridized carbons (Fsp3) is 0. The summed E-state index contributed by atoms with van der Waals surface area (Å²) in [5.41, 5.74) is 5.43. The molecule has 0 saturated heterocycles. The molecule has 2 heterocycles. The van der Waals surface area contributed by atoms with Gasteiger partial charge in [0.25, 0.3) is 0 Å². The van der Waals surface area contributed by atoms with E-state index in [9.17, 15) is 0 Å². The summed E-state index contributed by atoms with van der Waals surface area (Å²) in [5.74, 6) is 0. The minimum absolute atomic E-state index is 0.957. The molecule has 2 nitrogen and oxygen atoms in total. The van der Waals surface area contributed by atoms with Gasteiger partial charge in [-0.15, -0.1) is 0 Å². The van der Waals surface area contributed by atoms with Crippen molar-refractivity contribution < 1.29 is 0 Å². The zero-order valence-electron chi connectivity index (χ0n) is 12.6. The maximum Gasteiger partial charge on any atom is 0.138 e. The normalized spacial score (nSPS) is 11.3. The van der Waals surface area contributed by atoms with Gasteiger partial charge in [-0.25, -0.2) is 4.98 Å². The van der Waals surface area contributed by atoms with Crippen LogP contribution in [0.1, 0.15) is 11.1 Å². The summed E-state index contributed by atoms with van der Waals surface area (Å²) in [6.45, 7) is 0. The van der Waals surface area contributed by atoms with Crippen molar-refractivity contribution in [1.29, 1.82) is 0 Å². The van der Waals surface area contributed by atoms with Gasteiger partial charge in [-0.2, -0.15) is 0 Å². The zero-order valence-corrected chi connectivity index (χ0v) is 12.6. The molecule has 0 bridgehead atoms. The van der Waals surface area contributed by atoms with Crippen LogP contribution in [0, 0.1) is 0 Å². The van der Waals surface area contributed by atoms with E-state index >= 15 is 0 Å². The van der Waals surface area contributed by atoms with Crippen LogP contribution in [0.4, 0.5) is 0 Å². The summed E-state index contributed by atoms with van der Waals surface area (Å²) in [7, 11) is 0. The van der Waals surface area contributed by atoms with Gasteiger partial charge in [0.15, 0.2) is 0 Å². The highest BCUT2D eigenvalue weighted by Gasteiger charge is 2.03. The van der Waals surface area contributed by atoms with E-state index in [0.29, 0.717) is 0 Å². The Balaban J connectivity index is 1.67. The quantitative estimate of drug-likeness (QED) is 0.509. The SMILES string of the molecule is C(=Cc1ccn2cc(-c3ccccc3)nc2c1)c1ccccc1. The lowest BCUT2D eigenvalue weighted by molar-refractivity contribution is 1.18. The molecule has 2 aromatic heterocycles. The van der Waals surface area contributed by atoms with E-state index in [2.05, 4.69) is 65.3 Å². The summed E-state index contributed by atoms with van der Waals surface area (Å²) >= 11 is 0. The minimum atomic E-state index is 0.957. The molecule has 110 valence electrons. The number of benzene rings is 2. The summed E-state index contributed by atoms with van der Waals surface area (Å²) in [4.78, 5) is 4.73. The molecule has 0 fully saturated rings. The highest BCUT2D eigenvalue weighted by atomic mass is 15.0. The number of aromatic nitrogens is 2. The maximum absolute atomic E-state index is 4.73. The number of pyridine rings is 1. The molecule has 2 heteroatoms. The minimum Gasteiger partial charge on any atom is -0.306 e. The average Bonchev–Trinajstić information content (AvgIpc) is 3.05. The van der Waals surface area contributed by atoms with Gasteiger partial charge in [0.1, 0.15) is 5.65 Å². The molecule has 23 heavy (non-hydrogen) atoms. The largest absolute Gasteiger partial charge is 0.306 e. The summed E-state index contributed by atoms with van der Waals surface area (Å²) in [6, 6.07) is 24.8. The van der Waals surface area contributed by atoms with Crippen molar-refractivity contribution in [1.82, 2.24) is 9.38 Å². The summed E-state index contributed by atoms with van der Waals surface area (Å²) in [6.07, 6.45) is 8.36. The molecule has 2 aromatic carbocycles. The maximum atomic E-state index is 4.73. The Hall–Kier alpha value is -3.13. The first kappa shape index (κ1) is 13.5. The predicted octanol–water partition coefficient (Wildman–Crippen LogP) is 5.17. The van der Waals surface area contributed by atoms with Crippen LogP contribution in [0.15, 0.2) is 85.2 Å². The van der Waals surface area contributed by atoms with Crippen LogP contribution in [0.25, 0.3) is 29.1 Å². The molecule has 0 unspecified atom stereocenters. The van der Waals surface area contributed by atoms with Crippen LogP contribution in [0.3, 0.4) is 0 Å². The van der Waals surface area contributed by atoms with Crippen molar-refractivity contribution in [2.24, 2.45) is 0 Å². The van der Waals surface area contributed by atoms with Gasteiger partial charge in [-0.3, -0.25) is 0 Å². The second-order valence-electron chi connectivity index (χ2n) is 5.46. The molecule has 0 amide bonds. The van der Waals surface area contributed by atoms with E-state index in [0.717, 1.165) is 22.5 Å². The Labute approximate surface area is 135 Å². The van der Waals surface area contributed by atoms with E-state index in [1.54, 1.807) is 0 Å². The third-order valence-corrected chi connectivity index (χ3v) is 3.82. The van der Waals surface area contributed by atoms with Crippen molar-refractivity contribution in [3.8, 4) is 11.3 Å². The fourth-order valence-electron chi connectivity index (χ4n) is 2.61. The van der Waals surface area contributed by atoms with E-state index < -0.39 is 0 Å². The average molecular weight is 296 g/mol. The highest BCUT2D eigenvalue weighted by Crippen LogP contribution is 2.19. The van der Waals surface area contributed by atoms with Crippen LogP contribution < -0.4 is 0 Å². The van der Waals surface area contributed by atoms with Crippen LogP contribution >= 0.6 is 0 Å².